The molecule has 2 heterocycles. The molecule has 4 N–H and O–H groups in total. The van der Waals surface area contributed by atoms with Gasteiger partial charge in [0.15, 0.2) is 11.6 Å². The number of aromatic nitrogens is 3. The average Bonchev–Trinajstić information content (AvgIpc) is 2.42. The minimum atomic E-state index is 0. The second-order valence-electron chi connectivity index (χ2n) is 1.99. The maximum absolute atomic E-state index is 4.12. The van der Waals surface area contributed by atoms with Gasteiger partial charge >= 0.3 is 0 Å². The van der Waals surface area contributed by atoms with Crippen molar-refractivity contribution in [3.05, 3.63) is 31.5 Å². The van der Waals surface area contributed by atoms with Crippen LogP contribution in [0.3, 0.4) is 0 Å². The fourth-order valence-corrected chi connectivity index (χ4v) is 0.890. The first kappa shape index (κ1) is 11.6. The first-order valence-electron chi connectivity index (χ1n) is 2.96. The van der Waals surface area contributed by atoms with Crippen molar-refractivity contribution in [2.75, 3.05) is 5.32 Å². The molecule has 0 spiro atoms. The summed E-state index contributed by atoms with van der Waals surface area (Å²) in [6, 6.07) is 3.84. The van der Waals surface area contributed by atoms with Crippen molar-refractivity contribution in [1.82, 2.24) is 14.6 Å². The van der Waals surface area contributed by atoms with Gasteiger partial charge in [-0.3, -0.25) is 12.1 Å². The van der Waals surface area contributed by atoms with Crippen LogP contribution >= 0.6 is 0 Å². The average molecular weight is 240 g/mol. The van der Waals surface area contributed by atoms with Gasteiger partial charge in [-0.25, -0.2) is 4.52 Å². The molecule has 0 aliphatic heterocycles. The monoisotopic (exact) mass is 240 g/mol. The van der Waals surface area contributed by atoms with Crippen molar-refractivity contribution in [2.24, 2.45) is 0 Å². The minimum Gasteiger partial charge on any atom is -0.693 e. The molecule has 0 amide bonds. The van der Waals surface area contributed by atoms with Crippen molar-refractivity contribution in [3.8, 4) is 0 Å². The molecular weight excluding hydrogens is 231 g/mol. The first-order chi connectivity index (χ1) is 4.90. The molecule has 5 nitrogen and oxygen atoms in total. The Balaban J connectivity index is 0.000000605. The molecule has 0 atom stereocenters. The van der Waals surface area contributed by atoms with Gasteiger partial charge in [0.2, 0.25) is 0 Å². The standard InChI is InChI=1S/C6H7N4.H2N.Y/c1-7-6-8-5-3-2-4-10(5)9-6;;/h2-4H,1H2,(H2,7,8,9);1H2;/q2*-1;. The van der Waals surface area contributed by atoms with Crippen LogP contribution in [0.15, 0.2) is 18.3 Å². The van der Waals surface area contributed by atoms with Gasteiger partial charge in [0.25, 0.3) is 0 Å². The Bertz CT molecular complexity index is 310. The van der Waals surface area contributed by atoms with Crippen molar-refractivity contribution in [3.63, 3.8) is 0 Å². The Kier molecular flexibility index (Phi) is 4.45. The number of nitrogens with one attached hydrogen (secondary N) is 2. The van der Waals surface area contributed by atoms with E-state index in [1.807, 2.05) is 22.8 Å². The smallest absolute Gasteiger partial charge is 0.187 e. The summed E-state index contributed by atoms with van der Waals surface area (Å²) in [5, 5.41) is 5.62. The maximum Gasteiger partial charge on any atom is 0.187 e. The molecule has 0 bridgehead atoms. The van der Waals surface area contributed by atoms with Gasteiger partial charge in [-0.05, 0) is 12.1 Å². The summed E-state index contributed by atoms with van der Waals surface area (Å²) in [5.74, 6) is 0.676. The normalized spacial score (nSPS) is 8.75. The fraction of sp³-hybridized carbons (Fsp3) is 0. The number of nitrogens with zero attached hydrogens (tertiary/aromatic N) is 2. The van der Waals surface area contributed by atoms with Crippen LogP contribution in [0.5, 0.6) is 0 Å². The zero-order valence-corrected chi connectivity index (χ0v) is 9.33. The zero-order valence-electron chi connectivity index (χ0n) is 6.49. The van der Waals surface area contributed by atoms with E-state index in [4.69, 9.17) is 0 Å². The van der Waals surface area contributed by atoms with E-state index >= 15 is 0 Å². The third kappa shape index (κ3) is 1.85. The number of anilines is 1. The van der Waals surface area contributed by atoms with Crippen LogP contribution in [0.2, 0.25) is 0 Å². The summed E-state index contributed by atoms with van der Waals surface area (Å²) in [4.78, 5) is 4.12. The van der Waals surface area contributed by atoms with Crippen LogP contribution in [0.1, 0.15) is 0 Å². The van der Waals surface area contributed by atoms with Gasteiger partial charge in [-0.15, -0.1) is 0 Å². The first-order valence-corrected chi connectivity index (χ1v) is 2.96. The number of hydrogen-bond donors (Lipinski definition) is 2. The second kappa shape index (κ2) is 4.59. The molecule has 12 heavy (non-hydrogen) atoms. The van der Waals surface area contributed by atoms with Crippen LogP contribution in [0, 0.1) is 7.05 Å². The summed E-state index contributed by atoms with van der Waals surface area (Å²) >= 11 is 0. The summed E-state index contributed by atoms with van der Waals surface area (Å²) in [6.07, 6.45) is 1.89. The third-order valence-electron chi connectivity index (χ3n) is 1.35. The van der Waals surface area contributed by atoms with E-state index in [-0.39, 0.29) is 38.9 Å². The van der Waals surface area contributed by atoms with Crippen LogP contribution in [0.4, 0.5) is 5.95 Å². The molecule has 0 aliphatic rings. The molecule has 6 heteroatoms. The van der Waals surface area contributed by atoms with Gasteiger partial charge < -0.3 is 11.5 Å². The van der Waals surface area contributed by atoms with E-state index in [0.717, 1.165) is 5.65 Å². The van der Waals surface area contributed by atoms with E-state index in [0.29, 0.717) is 5.95 Å². The van der Waals surface area contributed by atoms with Gasteiger partial charge in [-0.2, -0.15) is 4.98 Å². The van der Waals surface area contributed by atoms with Crippen molar-refractivity contribution in [1.29, 1.82) is 0 Å². The largest absolute Gasteiger partial charge is 0.693 e. The number of hydrogen-bond acceptors (Lipinski definition) is 2. The zero-order chi connectivity index (χ0) is 6.97. The SMILES string of the molecule is [CH2-]Nc1nc2cccn2[nH]1.[NH2-].[Y]. The Morgan fingerprint density at radius 3 is 2.92 bits per heavy atom. The molecule has 0 aliphatic carbocycles. The summed E-state index contributed by atoms with van der Waals surface area (Å²) < 4.78 is 1.81. The molecule has 0 saturated heterocycles. The van der Waals surface area contributed by atoms with Gasteiger partial charge in [0.1, 0.15) is 0 Å². The molecular formula is C6H9N5Y-2. The molecule has 2 aromatic rings. The predicted octanol–water partition coefficient (Wildman–Crippen LogP) is 1.58. The van der Waals surface area contributed by atoms with Gasteiger partial charge in [0.05, 0.1) is 0 Å². The summed E-state index contributed by atoms with van der Waals surface area (Å²) in [6.45, 7) is 0. The molecule has 2 aromatic heterocycles. The summed E-state index contributed by atoms with van der Waals surface area (Å²) in [7, 11) is 3.47. The molecule has 1 radical (unpaired) electrons. The minimum absolute atomic E-state index is 0. The molecule has 0 saturated carbocycles. The van der Waals surface area contributed by atoms with Crippen LogP contribution < -0.4 is 5.32 Å². The van der Waals surface area contributed by atoms with Crippen molar-refractivity contribution in [2.45, 2.75) is 0 Å². The number of nitrogens with two attached hydrogens (primary N) is 1. The Hall–Kier alpha value is -0.386. The van der Waals surface area contributed by atoms with Crippen molar-refractivity contribution >= 4 is 11.6 Å². The quantitative estimate of drug-likeness (QED) is 0.742. The van der Waals surface area contributed by atoms with Crippen LogP contribution in [-0.4, -0.2) is 14.6 Å². The van der Waals surface area contributed by atoms with E-state index < -0.39 is 0 Å². The van der Waals surface area contributed by atoms with Crippen LogP contribution in [-0.2, 0) is 32.7 Å². The molecule has 63 valence electrons. The number of rotatable bonds is 1. The summed E-state index contributed by atoms with van der Waals surface area (Å²) in [5.41, 5.74) is 0.895. The van der Waals surface area contributed by atoms with E-state index in [2.05, 4.69) is 22.4 Å². The Labute approximate surface area is 95.4 Å². The van der Waals surface area contributed by atoms with Crippen LogP contribution in [0.25, 0.3) is 11.8 Å². The molecule has 0 fully saturated rings. The number of H-pyrrole nitrogens is 1. The maximum atomic E-state index is 4.12. The third-order valence-corrected chi connectivity index (χ3v) is 1.35. The second-order valence-corrected chi connectivity index (χ2v) is 1.99. The predicted molar refractivity (Wildman–Crippen MR) is 43.8 cm³/mol. The van der Waals surface area contributed by atoms with E-state index in [1.165, 1.54) is 0 Å². The van der Waals surface area contributed by atoms with E-state index in [9.17, 15) is 0 Å². The Morgan fingerprint density at radius 2 is 2.33 bits per heavy atom. The van der Waals surface area contributed by atoms with Crippen molar-refractivity contribution < 1.29 is 32.7 Å². The van der Waals surface area contributed by atoms with Gasteiger partial charge in [0, 0.05) is 38.9 Å². The Morgan fingerprint density at radius 1 is 1.58 bits per heavy atom. The fourth-order valence-electron chi connectivity index (χ4n) is 0.890. The molecule has 0 unspecified atom stereocenters. The topological polar surface area (TPSA) is 78.6 Å². The molecule has 0 aromatic carbocycles. The number of fused-ring (bicyclic) bond motifs is 1. The van der Waals surface area contributed by atoms with E-state index in [1.54, 1.807) is 0 Å². The van der Waals surface area contributed by atoms with Gasteiger partial charge in [-0.1, -0.05) is 0 Å². The molecule has 2 rings (SSSR count). The number of aromatic amines is 1.